The number of carbonyl (C=O) groups excluding carboxylic acids is 1. The van der Waals surface area contributed by atoms with Crippen LogP contribution in [-0.4, -0.2) is 19.3 Å². The highest BCUT2D eigenvalue weighted by Gasteiger charge is 2.38. The molecule has 152 valence electrons. The maximum Gasteiger partial charge on any atom is 0.408 e. The van der Waals surface area contributed by atoms with E-state index in [0.717, 1.165) is 5.56 Å². The molecule has 6 nitrogen and oxygen atoms in total. The molecule has 0 aliphatic heterocycles. The third-order valence-electron chi connectivity index (χ3n) is 3.85. The number of amides is 1. The van der Waals surface area contributed by atoms with Gasteiger partial charge in [0, 0.05) is 0 Å². The van der Waals surface area contributed by atoms with Gasteiger partial charge in [-0.25, -0.2) is 4.79 Å². The van der Waals surface area contributed by atoms with E-state index < -0.39 is 19.5 Å². The van der Waals surface area contributed by atoms with Gasteiger partial charge < -0.3 is 19.1 Å². The summed E-state index contributed by atoms with van der Waals surface area (Å²) in [5.74, 6) is -0.949. The lowest BCUT2D eigenvalue weighted by Crippen LogP contribution is -2.30. The summed E-state index contributed by atoms with van der Waals surface area (Å²) in [7, 11) is -3.65. The molecule has 1 amide bonds. The van der Waals surface area contributed by atoms with Crippen LogP contribution < -0.4 is 5.32 Å². The molecule has 0 saturated carbocycles. The smallest absolute Gasteiger partial charge is 0.408 e. The van der Waals surface area contributed by atoms with Crippen LogP contribution in [0, 0.1) is 0 Å². The largest absolute Gasteiger partial charge is 0.445 e. The standard InChI is InChI=1S/C21H28NO5P/c1-3-15-26-28(24,27-16-4-2)20(19-13-9-6-10-14-19)22-21(23)25-17-18-11-7-5-8-12-18/h5-14,20H,3-4,15-17H2,1-2H3,(H,22,23). The first-order valence-corrected chi connectivity index (χ1v) is 11.1. The number of benzene rings is 2. The molecule has 0 aliphatic rings. The van der Waals surface area contributed by atoms with Crippen molar-refractivity contribution in [2.75, 3.05) is 13.2 Å². The monoisotopic (exact) mass is 405 g/mol. The fraction of sp³-hybridized carbons (Fsp3) is 0.381. The maximum absolute atomic E-state index is 13.5. The van der Waals surface area contributed by atoms with E-state index >= 15 is 0 Å². The molecule has 2 rings (SSSR count). The van der Waals surface area contributed by atoms with Crippen LogP contribution in [0.3, 0.4) is 0 Å². The summed E-state index contributed by atoms with van der Waals surface area (Å²) in [5.41, 5.74) is 1.50. The van der Waals surface area contributed by atoms with E-state index in [1.165, 1.54) is 0 Å². The summed E-state index contributed by atoms with van der Waals surface area (Å²) in [6.45, 7) is 4.49. The number of carbonyl (C=O) groups is 1. The molecule has 7 heteroatoms. The number of hydrogen-bond acceptors (Lipinski definition) is 5. The predicted octanol–water partition coefficient (Wildman–Crippen LogP) is 5.66. The third kappa shape index (κ3) is 6.79. The highest BCUT2D eigenvalue weighted by atomic mass is 31.2. The van der Waals surface area contributed by atoms with E-state index in [-0.39, 0.29) is 19.8 Å². The van der Waals surface area contributed by atoms with E-state index in [1.807, 2.05) is 62.4 Å². The van der Waals surface area contributed by atoms with E-state index in [4.69, 9.17) is 13.8 Å². The minimum Gasteiger partial charge on any atom is -0.445 e. The molecule has 0 heterocycles. The number of rotatable bonds is 11. The Hall–Kier alpha value is -2.14. The molecule has 0 radical (unpaired) electrons. The van der Waals surface area contributed by atoms with E-state index in [0.29, 0.717) is 18.4 Å². The van der Waals surface area contributed by atoms with Crippen LogP contribution >= 0.6 is 7.60 Å². The lowest BCUT2D eigenvalue weighted by atomic mass is 10.2. The van der Waals surface area contributed by atoms with E-state index in [2.05, 4.69) is 5.32 Å². The van der Waals surface area contributed by atoms with Crippen LogP contribution in [0.5, 0.6) is 0 Å². The highest BCUT2D eigenvalue weighted by Crippen LogP contribution is 2.59. The molecular formula is C21H28NO5P. The lowest BCUT2D eigenvalue weighted by Gasteiger charge is -2.27. The Labute approximate surface area is 166 Å². The van der Waals surface area contributed by atoms with Crippen molar-refractivity contribution in [1.29, 1.82) is 0 Å². The molecule has 0 aliphatic carbocycles. The van der Waals surface area contributed by atoms with Crippen LogP contribution in [0.15, 0.2) is 60.7 Å². The summed E-state index contributed by atoms with van der Waals surface area (Å²) in [5, 5.41) is 2.69. The Morgan fingerprint density at radius 2 is 1.46 bits per heavy atom. The fourth-order valence-electron chi connectivity index (χ4n) is 2.48. The van der Waals surface area contributed by atoms with Crippen molar-refractivity contribution < 1.29 is 23.1 Å². The predicted molar refractivity (Wildman–Crippen MR) is 109 cm³/mol. The first-order valence-electron chi connectivity index (χ1n) is 9.50. The molecule has 0 saturated heterocycles. The number of nitrogens with one attached hydrogen (secondary N) is 1. The Morgan fingerprint density at radius 3 is 2.00 bits per heavy atom. The minimum absolute atomic E-state index is 0.115. The van der Waals surface area contributed by atoms with Crippen molar-refractivity contribution in [3.05, 3.63) is 71.8 Å². The van der Waals surface area contributed by atoms with Crippen LogP contribution in [-0.2, 0) is 25.0 Å². The molecule has 1 unspecified atom stereocenters. The number of ether oxygens (including phenoxy) is 1. The summed E-state index contributed by atoms with van der Waals surface area (Å²) < 4.78 is 30.1. The van der Waals surface area contributed by atoms with Gasteiger partial charge in [0.1, 0.15) is 6.61 Å². The topological polar surface area (TPSA) is 73.9 Å². The SMILES string of the molecule is CCCOP(=O)(OCCC)C(NC(=O)OCc1ccccc1)c1ccccc1. The van der Waals surface area contributed by atoms with Gasteiger partial charge in [-0.1, -0.05) is 74.5 Å². The Kier molecular flexibility index (Phi) is 9.21. The van der Waals surface area contributed by atoms with Gasteiger partial charge in [-0.05, 0) is 24.0 Å². The van der Waals surface area contributed by atoms with Crippen molar-refractivity contribution in [1.82, 2.24) is 5.32 Å². The first kappa shape index (κ1) is 22.2. The number of alkyl carbamates (subject to hydrolysis) is 1. The molecule has 2 aromatic rings. The van der Waals surface area contributed by atoms with Crippen molar-refractivity contribution in [2.45, 2.75) is 39.1 Å². The summed E-state index contributed by atoms with van der Waals surface area (Å²) in [6.07, 6.45) is 0.678. The molecule has 0 aromatic heterocycles. The molecule has 0 fully saturated rings. The van der Waals surface area contributed by atoms with Crippen molar-refractivity contribution in [2.24, 2.45) is 0 Å². The van der Waals surface area contributed by atoms with Crippen LogP contribution in [0.25, 0.3) is 0 Å². The molecule has 28 heavy (non-hydrogen) atoms. The summed E-state index contributed by atoms with van der Waals surface area (Å²) in [4.78, 5) is 12.4. The molecule has 1 N–H and O–H groups in total. The minimum atomic E-state index is -3.65. The molecule has 0 bridgehead atoms. The molecule has 1 atom stereocenters. The second kappa shape index (κ2) is 11.6. The van der Waals surface area contributed by atoms with Crippen molar-refractivity contribution in [3.63, 3.8) is 0 Å². The van der Waals surface area contributed by atoms with Crippen LogP contribution in [0.2, 0.25) is 0 Å². The lowest BCUT2D eigenvalue weighted by molar-refractivity contribution is 0.134. The summed E-state index contributed by atoms with van der Waals surface area (Å²) in [6, 6.07) is 18.4. The zero-order valence-electron chi connectivity index (χ0n) is 16.4. The van der Waals surface area contributed by atoms with Gasteiger partial charge in [0.2, 0.25) is 0 Å². The zero-order chi connectivity index (χ0) is 20.2. The van der Waals surface area contributed by atoms with Gasteiger partial charge in [0.15, 0.2) is 5.78 Å². The van der Waals surface area contributed by atoms with Gasteiger partial charge >= 0.3 is 13.7 Å². The number of hydrogen-bond donors (Lipinski definition) is 1. The molecule has 2 aromatic carbocycles. The maximum atomic E-state index is 13.5. The van der Waals surface area contributed by atoms with Gasteiger partial charge in [-0.3, -0.25) is 4.57 Å². The van der Waals surface area contributed by atoms with Gasteiger partial charge in [0.25, 0.3) is 0 Å². The van der Waals surface area contributed by atoms with Crippen molar-refractivity contribution in [3.8, 4) is 0 Å². The Morgan fingerprint density at radius 1 is 0.929 bits per heavy atom. The Balaban J connectivity index is 2.17. The second-order valence-corrected chi connectivity index (χ2v) is 8.34. The van der Waals surface area contributed by atoms with Crippen LogP contribution in [0.4, 0.5) is 4.79 Å². The Bertz CT molecular complexity index is 742. The average Bonchev–Trinajstić information content (AvgIpc) is 2.74. The third-order valence-corrected chi connectivity index (χ3v) is 5.99. The van der Waals surface area contributed by atoms with Crippen molar-refractivity contribution >= 4 is 13.7 Å². The van der Waals surface area contributed by atoms with Crippen LogP contribution in [0.1, 0.15) is 43.6 Å². The fourth-order valence-corrected chi connectivity index (χ4v) is 4.53. The van der Waals surface area contributed by atoms with Gasteiger partial charge in [-0.15, -0.1) is 0 Å². The highest BCUT2D eigenvalue weighted by molar-refractivity contribution is 7.54. The van der Waals surface area contributed by atoms with Gasteiger partial charge in [-0.2, -0.15) is 0 Å². The normalized spacial score (nSPS) is 12.4. The quantitative estimate of drug-likeness (QED) is 0.489. The van der Waals surface area contributed by atoms with E-state index in [9.17, 15) is 9.36 Å². The molecule has 0 spiro atoms. The first-order chi connectivity index (χ1) is 13.6. The summed E-state index contributed by atoms with van der Waals surface area (Å²) >= 11 is 0. The van der Waals surface area contributed by atoms with E-state index in [1.54, 1.807) is 12.1 Å². The second-order valence-electron chi connectivity index (χ2n) is 6.23. The zero-order valence-corrected chi connectivity index (χ0v) is 17.3. The average molecular weight is 405 g/mol. The van der Waals surface area contributed by atoms with Gasteiger partial charge in [0.05, 0.1) is 13.2 Å². The molecular weight excluding hydrogens is 377 g/mol.